The van der Waals surface area contributed by atoms with Crippen LogP contribution in [0.4, 0.5) is 0 Å². The Hall–Kier alpha value is -1.46. The van der Waals surface area contributed by atoms with E-state index in [4.69, 9.17) is 11.6 Å². The second-order valence-electron chi connectivity index (χ2n) is 5.32. The highest BCUT2D eigenvalue weighted by Gasteiger charge is 2.21. The highest BCUT2D eigenvalue weighted by Crippen LogP contribution is 2.21. The normalized spacial score (nSPS) is 14.6. The second kappa shape index (κ2) is 6.12. The number of pyridine rings is 1. The summed E-state index contributed by atoms with van der Waals surface area (Å²) in [6, 6.07) is 4.42. The van der Waals surface area contributed by atoms with Crippen molar-refractivity contribution in [2.24, 2.45) is 0 Å². The third-order valence-corrected chi connectivity index (χ3v) is 3.95. The molecular formula is C15H20ClN5. The molecule has 1 fully saturated rings. The third-order valence-electron chi connectivity index (χ3n) is 3.61. The van der Waals surface area contributed by atoms with Gasteiger partial charge in [-0.2, -0.15) is 4.68 Å². The Morgan fingerprint density at radius 2 is 2.05 bits per heavy atom. The zero-order chi connectivity index (χ0) is 14.8. The number of rotatable bonds is 6. The largest absolute Gasteiger partial charge is 0.308 e. The molecule has 0 radical (unpaired) electrons. The van der Waals surface area contributed by atoms with Crippen molar-refractivity contribution in [1.29, 1.82) is 0 Å². The monoisotopic (exact) mass is 305 g/mol. The molecule has 0 aliphatic heterocycles. The first-order chi connectivity index (χ1) is 10.2. The molecule has 0 bridgehead atoms. The van der Waals surface area contributed by atoms with Crippen molar-refractivity contribution in [3.63, 3.8) is 0 Å². The molecule has 2 aromatic rings. The molecule has 3 rings (SSSR count). The van der Waals surface area contributed by atoms with Gasteiger partial charge in [0.05, 0.1) is 10.7 Å². The first-order valence-electron chi connectivity index (χ1n) is 7.55. The molecular weight excluding hydrogens is 286 g/mol. The fourth-order valence-electron chi connectivity index (χ4n) is 2.20. The predicted octanol–water partition coefficient (Wildman–Crippen LogP) is 2.69. The smallest absolute Gasteiger partial charge is 0.155 e. The summed E-state index contributed by atoms with van der Waals surface area (Å²) in [5, 5.41) is 8.67. The van der Waals surface area contributed by atoms with Gasteiger partial charge >= 0.3 is 0 Å². The Morgan fingerprint density at radius 3 is 2.71 bits per heavy atom. The summed E-state index contributed by atoms with van der Waals surface area (Å²) < 4.78 is 1.83. The van der Waals surface area contributed by atoms with Crippen LogP contribution in [-0.4, -0.2) is 25.8 Å². The van der Waals surface area contributed by atoms with Gasteiger partial charge in [0.1, 0.15) is 5.82 Å². The molecule has 112 valence electrons. The van der Waals surface area contributed by atoms with Crippen molar-refractivity contribution in [1.82, 2.24) is 25.1 Å². The molecule has 2 aromatic heterocycles. The number of halogens is 1. The predicted molar refractivity (Wildman–Crippen MR) is 82.8 cm³/mol. The van der Waals surface area contributed by atoms with Crippen molar-refractivity contribution >= 4 is 11.6 Å². The lowest BCUT2D eigenvalue weighted by Crippen LogP contribution is -2.17. The number of nitrogens with zero attached hydrogens (tertiary/aromatic N) is 4. The van der Waals surface area contributed by atoms with Gasteiger partial charge in [-0.1, -0.05) is 25.4 Å². The zero-order valence-corrected chi connectivity index (χ0v) is 13.2. The van der Waals surface area contributed by atoms with Crippen LogP contribution in [-0.2, 0) is 19.4 Å². The third kappa shape index (κ3) is 3.24. The molecule has 0 atom stereocenters. The number of nitrogens with one attached hydrogen (secondary N) is 1. The minimum Gasteiger partial charge on any atom is -0.308 e. The molecule has 1 N–H and O–H groups in total. The Morgan fingerprint density at radius 1 is 1.24 bits per heavy atom. The summed E-state index contributed by atoms with van der Waals surface area (Å²) >= 11 is 6.25. The van der Waals surface area contributed by atoms with Gasteiger partial charge in [-0.15, -0.1) is 5.10 Å². The van der Waals surface area contributed by atoms with Crippen molar-refractivity contribution in [2.75, 3.05) is 0 Å². The van der Waals surface area contributed by atoms with Crippen molar-refractivity contribution in [3.8, 4) is 5.82 Å². The van der Waals surface area contributed by atoms with Crippen LogP contribution in [0.25, 0.3) is 5.82 Å². The molecule has 0 aromatic carbocycles. The van der Waals surface area contributed by atoms with Crippen LogP contribution < -0.4 is 5.32 Å². The van der Waals surface area contributed by atoms with Gasteiger partial charge in [-0.3, -0.25) is 0 Å². The first kappa shape index (κ1) is 14.5. The van der Waals surface area contributed by atoms with E-state index in [2.05, 4.69) is 34.2 Å². The number of hydrogen-bond donors (Lipinski definition) is 1. The summed E-state index contributed by atoms with van der Waals surface area (Å²) in [5.74, 6) is 2.57. The molecule has 0 unspecified atom stereocenters. The van der Waals surface area contributed by atoms with Crippen LogP contribution in [0.2, 0.25) is 5.02 Å². The Bertz CT molecular complexity index is 633. The molecule has 0 saturated heterocycles. The average Bonchev–Trinajstić information content (AvgIpc) is 3.23. The van der Waals surface area contributed by atoms with Crippen LogP contribution in [0.5, 0.6) is 0 Å². The maximum absolute atomic E-state index is 6.25. The lowest BCUT2D eigenvalue weighted by molar-refractivity contribution is 0.668. The lowest BCUT2D eigenvalue weighted by atomic mass is 10.3. The summed E-state index contributed by atoms with van der Waals surface area (Å²) in [5.41, 5.74) is 0.872. The van der Waals surface area contributed by atoms with Gasteiger partial charge in [-0.05, 0) is 25.0 Å². The minimum atomic E-state index is 0.635. The second-order valence-corrected chi connectivity index (χ2v) is 5.72. The number of hydrogen-bond acceptors (Lipinski definition) is 4. The summed E-state index contributed by atoms with van der Waals surface area (Å²) in [4.78, 5) is 9.19. The van der Waals surface area contributed by atoms with Crippen molar-refractivity contribution in [2.45, 2.75) is 52.1 Å². The SMILES string of the molecule is CCc1nc(CC)n(-c2ccc(Cl)c(CNC3CC3)n2)n1. The fourth-order valence-corrected chi connectivity index (χ4v) is 2.37. The molecule has 0 amide bonds. The number of aryl methyl sites for hydroxylation is 2. The molecule has 21 heavy (non-hydrogen) atoms. The fraction of sp³-hybridized carbons (Fsp3) is 0.533. The van der Waals surface area contributed by atoms with E-state index < -0.39 is 0 Å². The molecule has 0 spiro atoms. The van der Waals surface area contributed by atoms with Gasteiger partial charge in [0.15, 0.2) is 11.6 Å². The highest BCUT2D eigenvalue weighted by molar-refractivity contribution is 6.31. The standard InChI is InChI=1S/C15H20ClN5/c1-3-13-19-14(4-2)21(20-13)15-8-7-11(16)12(18-15)9-17-10-5-6-10/h7-8,10,17H,3-6,9H2,1-2H3. The quantitative estimate of drug-likeness (QED) is 0.891. The molecule has 1 aliphatic carbocycles. The van der Waals surface area contributed by atoms with Crippen LogP contribution in [0.1, 0.15) is 44.0 Å². The van der Waals surface area contributed by atoms with Crippen molar-refractivity contribution < 1.29 is 0 Å². The van der Waals surface area contributed by atoms with Gasteiger partial charge in [0.25, 0.3) is 0 Å². The van der Waals surface area contributed by atoms with E-state index in [1.165, 1.54) is 12.8 Å². The van der Waals surface area contributed by atoms with Gasteiger partial charge < -0.3 is 5.32 Å². The highest BCUT2D eigenvalue weighted by atomic mass is 35.5. The van der Waals surface area contributed by atoms with E-state index >= 15 is 0 Å². The van der Waals surface area contributed by atoms with E-state index in [-0.39, 0.29) is 0 Å². The Kier molecular flexibility index (Phi) is 4.22. The number of aromatic nitrogens is 4. The summed E-state index contributed by atoms with van der Waals surface area (Å²) in [7, 11) is 0. The molecule has 1 saturated carbocycles. The summed E-state index contributed by atoms with van der Waals surface area (Å²) in [6.07, 6.45) is 4.15. The van der Waals surface area contributed by atoms with Gasteiger partial charge in [0, 0.05) is 25.4 Å². The van der Waals surface area contributed by atoms with Crippen molar-refractivity contribution in [3.05, 3.63) is 34.5 Å². The van der Waals surface area contributed by atoms with E-state index in [0.29, 0.717) is 17.6 Å². The van der Waals surface area contributed by atoms with E-state index in [1.54, 1.807) is 0 Å². The van der Waals surface area contributed by atoms with Crippen LogP contribution in [0, 0.1) is 0 Å². The van der Waals surface area contributed by atoms with Gasteiger partial charge in [-0.25, -0.2) is 9.97 Å². The molecule has 1 aliphatic rings. The maximum Gasteiger partial charge on any atom is 0.155 e. The maximum atomic E-state index is 6.25. The summed E-state index contributed by atoms with van der Waals surface area (Å²) in [6.45, 7) is 4.83. The Balaban J connectivity index is 1.90. The molecule has 2 heterocycles. The van der Waals surface area contributed by atoms with E-state index in [1.807, 2.05) is 16.8 Å². The lowest BCUT2D eigenvalue weighted by Gasteiger charge is -2.09. The topological polar surface area (TPSA) is 55.6 Å². The minimum absolute atomic E-state index is 0.635. The molecule has 5 nitrogen and oxygen atoms in total. The van der Waals surface area contributed by atoms with Crippen LogP contribution in [0.3, 0.4) is 0 Å². The van der Waals surface area contributed by atoms with Crippen LogP contribution in [0.15, 0.2) is 12.1 Å². The Labute approximate surface area is 129 Å². The molecule has 6 heteroatoms. The van der Waals surface area contributed by atoms with E-state index in [9.17, 15) is 0 Å². The first-order valence-corrected chi connectivity index (χ1v) is 7.93. The zero-order valence-electron chi connectivity index (χ0n) is 12.4. The van der Waals surface area contributed by atoms with E-state index in [0.717, 1.165) is 36.0 Å². The average molecular weight is 306 g/mol. The van der Waals surface area contributed by atoms with Gasteiger partial charge in [0.2, 0.25) is 0 Å². The van der Waals surface area contributed by atoms with Crippen LogP contribution >= 0.6 is 11.6 Å².